The molecule has 0 atom stereocenters. The fraction of sp³-hybridized carbons (Fsp3) is 0.400. The van der Waals surface area contributed by atoms with Crippen molar-refractivity contribution in [2.24, 2.45) is 0 Å². The molecule has 0 aromatic heterocycles. The molecule has 0 amide bonds. The SMILES string of the molecule is FC(F)(F)COc1cc(Br)cc(OCC(F)(F)F)c1. The molecule has 0 bridgehead atoms. The van der Waals surface area contributed by atoms with Crippen LogP contribution in [0.25, 0.3) is 0 Å². The van der Waals surface area contributed by atoms with E-state index in [0.29, 0.717) is 0 Å². The van der Waals surface area contributed by atoms with Gasteiger partial charge in [0.25, 0.3) is 0 Å². The lowest BCUT2D eigenvalue weighted by Crippen LogP contribution is -2.20. The third kappa shape index (κ3) is 7.14. The van der Waals surface area contributed by atoms with Crippen LogP contribution >= 0.6 is 15.9 Å². The van der Waals surface area contributed by atoms with Crippen molar-refractivity contribution in [3.63, 3.8) is 0 Å². The summed E-state index contributed by atoms with van der Waals surface area (Å²) in [6, 6.07) is 3.32. The summed E-state index contributed by atoms with van der Waals surface area (Å²) in [4.78, 5) is 0. The van der Waals surface area contributed by atoms with Crippen LogP contribution < -0.4 is 9.47 Å². The van der Waals surface area contributed by atoms with Crippen LogP contribution in [0.2, 0.25) is 0 Å². The highest BCUT2D eigenvalue weighted by Crippen LogP contribution is 2.29. The van der Waals surface area contributed by atoms with E-state index < -0.39 is 25.6 Å². The van der Waals surface area contributed by atoms with Crippen molar-refractivity contribution in [2.45, 2.75) is 12.4 Å². The number of ether oxygens (including phenoxy) is 2. The van der Waals surface area contributed by atoms with E-state index in [9.17, 15) is 26.3 Å². The highest BCUT2D eigenvalue weighted by atomic mass is 79.9. The number of benzene rings is 1. The maximum absolute atomic E-state index is 11.9. The smallest absolute Gasteiger partial charge is 0.422 e. The third-order valence-electron chi connectivity index (χ3n) is 1.65. The lowest BCUT2D eigenvalue weighted by atomic mass is 10.3. The molecule has 0 N–H and O–H groups in total. The minimum Gasteiger partial charge on any atom is -0.484 e. The Balaban J connectivity index is 2.71. The summed E-state index contributed by atoms with van der Waals surface area (Å²) in [7, 11) is 0. The van der Waals surface area contributed by atoms with Crippen LogP contribution in [0.1, 0.15) is 0 Å². The first-order valence-corrected chi connectivity index (χ1v) is 5.54. The average molecular weight is 353 g/mol. The van der Waals surface area contributed by atoms with Crippen molar-refractivity contribution in [3.8, 4) is 11.5 Å². The molecule has 1 aromatic rings. The number of halogens is 7. The Morgan fingerprint density at radius 1 is 0.789 bits per heavy atom. The monoisotopic (exact) mass is 352 g/mol. The Kier molecular flexibility index (Phi) is 4.94. The van der Waals surface area contributed by atoms with Crippen LogP contribution in [0, 0.1) is 0 Å². The highest BCUT2D eigenvalue weighted by Gasteiger charge is 2.29. The molecule has 0 heterocycles. The van der Waals surface area contributed by atoms with Crippen LogP contribution in [-0.4, -0.2) is 25.6 Å². The van der Waals surface area contributed by atoms with E-state index in [2.05, 4.69) is 25.4 Å². The molecule has 0 aliphatic rings. The van der Waals surface area contributed by atoms with Crippen molar-refractivity contribution >= 4 is 15.9 Å². The molecule has 19 heavy (non-hydrogen) atoms. The van der Waals surface area contributed by atoms with Gasteiger partial charge in [0.05, 0.1) is 0 Å². The molecular weight excluding hydrogens is 346 g/mol. The van der Waals surface area contributed by atoms with E-state index in [-0.39, 0.29) is 16.0 Å². The van der Waals surface area contributed by atoms with Crippen LogP contribution in [0.5, 0.6) is 11.5 Å². The molecular formula is C10H7BrF6O2. The molecule has 1 rings (SSSR count). The molecule has 2 nitrogen and oxygen atoms in total. The van der Waals surface area contributed by atoms with Gasteiger partial charge in [0.15, 0.2) is 13.2 Å². The molecule has 108 valence electrons. The second kappa shape index (κ2) is 5.89. The van der Waals surface area contributed by atoms with Gasteiger partial charge in [0.2, 0.25) is 0 Å². The zero-order valence-electron chi connectivity index (χ0n) is 9.11. The van der Waals surface area contributed by atoms with Crippen molar-refractivity contribution < 1.29 is 35.8 Å². The first kappa shape index (κ1) is 15.9. The topological polar surface area (TPSA) is 18.5 Å². The standard InChI is InChI=1S/C10H7BrF6O2/c11-6-1-7(18-4-9(12,13)14)3-8(2-6)19-5-10(15,16)17/h1-3H,4-5H2. The summed E-state index contributed by atoms with van der Waals surface area (Å²) < 4.78 is 80.6. The summed E-state index contributed by atoms with van der Waals surface area (Å²) in [5.41, 5.74) is 0. The minimum atomic E-state index is -4.53. The second-order valence-corrected chi connectivity index (χ2v) is 4.35. The maximum atomic E-state index is 11.9. The van der Waals surface area contributed by atoms with Gasteiger partial charge in [-0.2, -0.15) is 26.3 Å². The van der Waals surface area contributed by atoms with Crippen molar-refractivity contribution in [2.75, 3.05) is 13.2 Å². The molecule has 0 saturated carbocycles. The summed E-state index contributed by atoms with van der Waals surface area (Å²) >= 11 is 2.93. The van der Waals surface area contributed by atoms with Gasteiger partial charge in [0.1, 0.15) is 11.5 Å². The van der Waals surface area contributed by atoms with Crippen LogP contribution in [0.3, 0.4) is 0 Å². The molecule has 0 fully saturated rings. The van der Waals surface area contributed by atoms with Gasteiger partial charge in [0, 0.05) is 10.5 Å². The quantitative estimate of drug-likeness (QED) is 0.751. The molecule has 9 heteroatoms. The van der Waals surface area contributed by atoms with Crippen LogP contribution in [0.4, 0.5) is 26.3 Å². The van der Waals surface area contributed by atoms with Gasteiger partial charge in [-0.3, -0.25) is 0 Å². The normalized spacial score (nSPS) is 12.4. The summed E-state index contributed by atoms with van der Waals surface area (Å²) in [6.45, 7) is -3.08. The fourth-order valence-corrected chi connectivity index (χ4v) is 1.49. The summed E-state index contributed by atoms with van der Waals surface area (Å²) in [6.07, 6.45) is -9.06. The molecule has 1 aromatic carbocycles. The van der Waals surface area contributed by atoms with Gasteiger partial charge in [-0.15, -0.1) is 0 Å². The fourth-order valence-electron chi connectivity index (χ4n) is 1.03. The molecule has 0 aliphatic carbocycles. The van der Waals surface area contributed by atoms with E-state index in [4.69, 9.17) is 0 Å². The van der Waals surface area contributed by atoms with E-state index in [1.54, 1.807) is 0 Å². The van der Waals surface area contributed by atoms with Gasteiger partial charge in [-0.25, -0.2) is 0 Å². The summed E-state index contributed by atoms with van der Waals surface area (Å²) in [5, 5.41) is 0. The lowest BCUT2D eigenvalue weighted by molar-refractivity contribution is -0.153. The molecule has 0 aliphatic heterocycles. The van der Waals surface area contributed by atoms with Gasteiger partial charge >= 0.3 is 12.4 Å². The largest absolute Gasteiger partial charge is 0.484 e. The third-order valence-corrected chi connectivity index (χ3v) is 2.11. The number of rotatable bonds is 4. The van der Waals surface area contributed by atoms with Gasteiger partial charge < -0.3 is 9.47 Å². The Morgan fingerprint density at radius 2 is 1.16 bits per heavy atom. The zero-order chi connectivity index (χ0) is 14.7. The second-order valence-electron chi connectivity index (χ2n) is 3.43. The number of hydrogen-bond donors (Lipinski definition) is 0. The van der Waals surface area contributed by atoms with Crippen LogP contribution in [0.15, 0.2) is 22.7 Å². The van der Waals surface area contributed by atoms with E-state index in [0.717, 1.165) is 6.07 Å². The van der Waals surface area contributed by atoms with Crippen molar-refractivity contribution in [1.82, 2.24) is 0 Å². The lowest BCUT2D eigenvalue weighted by Gasteiger charge is -2.12. The van der Waals surface area contributed by atoms with E-state index >= 15 is 0 Å². The van der Waals surface area contributed by atoms with E-state index in [1.165, 1.54) is 12.1 Å². The first-order valence-electron chi connectivity index (χ1n) is 4.75. The average Bonchev–Trinajstić information content (AvgIpc) is 2.21. The predicted molar refractivity (Wildman–Crippen MR) is 57.2 cm³/mol. The number of hydrogen-bond acceptors (Lipinski definition) is 2. The summed E-state index contributed by atoms with van der Waals surface area (Å²) in [5.74, 6) is -0.493. The Hall–Kier alpha value is -1.12. The molecule has 0 spiro atoms. The molecule has 0 unspecified atom stereocenters. The van der Waals surface area contributed by atoms with Crippen molar-refractivity contribution in [1.29, 1.82) is 0 Å². The maximum Gasteiger partial charge on any atom is 0.422 e. The Labute approximate surface area is 112 Å². The first-order chi connectivity index (χ1) is 8.55. The van der Waals surface area contributed by atoms with Gasteiger partial charge in [-0.1, -0.05) is 15.9 Å². The van der Waals surface area contributed by atoms with Gasteiger partial charge in [-0.05, 0) is 12.1 Å². The zero-order valence-corrected chi connectivity index (χ0v) is 10.7. The van der Waals surface area contributed by atoms with E-state index in [1.807, 2.05) is 0 Å². The predicted octanol–water partition coefficient (Wildman–Crippen LogP) is 4.33. The minimum absolute atomic E-state index is 0.240. The Morgan fingerprint density at radius 3 is 1.47 bits per heavy atom. The molecule has 0 saturated heterocycles. The van der Waals surface area contributed by atoms with Crippen molar-refractivity contribution in [3.05, 3.63) is 22.7 Å². The highest BCUT2D eigenvalue weighted by molar-refractivity contribution is 9.10. The Bertz CT molecular complexity index is 393. The van der Waals surface area contributed by atoms with Crippen LogP contribution in [-0.2, 0) is 0 Å². The number of alkyl halides is 6. The molecule has 0 radical (unpaired) electrons.